The number of carbonyl (C=O) groups is 2. The highest BCUT2D eigenvalue weighted by Gasteiger charge is 2.33. The van der Waals surface area contributed by atoms with E-state index in [2.05, 4.69) is 5.32 Å². The number of amides is 1. The van der Waals surface area contributed by atoms with Crippen LogP contribution < -0.4 is 10.6 Å². The van der Waals surface area contributed by atoms with Gasteiger partial charge in [0.25, 0.3) is 0 Å². The summed E-state index contributed by atoms with van der Waals surface area (Å²) in [4.78, 5) is 21.4. The summed E-state index contributed by atoms with van der Waals surface area (Å²) in [5.41, 5.74) is -1.64. The molecule has 0 atom stereocenters. The third kappa shape index (κ3) is 5.02. The molecular weight excluding hydrogens is 291 g/mol. The first kappa shape index (κ1) is 16.3. The number of nitriles is 1. The second-order valence-corrected chi connectivity index (χ2v) is 3.89. The summed E-state index contributed by atoms with van der Waals surface area (Å²) in [5, 5.41) is 21.4. The largest absolute Gasteiger partial charge is 0.480 e. The van der Waals surface area contributed by atoms with E-state index >= 15 is 0 Å². The van der Waals surface area contributed by atoms with Gasteiger partial charge in [-0.2, -0.15) is 18.4 Å². The van der Waals surface area contributed by atoms with Crippen LogP contribution >= 0.6 is 0 Å². The molecule has 0 unspecified atom stereocenters. The number of rotatable bonds is 5. The smallest absolute Gasteiger partial charge is 0.417 e. The highest BCUT2D eigenvalue weighted by atomic mass is 19.4. The zero-order chi connectivity index (χ0) is 16.0. The zero-order valence-electron chi connectivity index (χ0n) is 10.5. The number of carboxylic acid groups (broad SMARTS) is 1. The van der Waals surface area contributed by atoms with Gasteiger partial charge in [-0.15, -0.1) is 0 Å². The van der Waals surface area contributed by atoms with Crippen LogP contribution in [0.25, 0.3) is 0 Å². The van der Waals surface area contributed by atoms with E-state index in [9.17, 15) is 22.8 Å². The van der Waals surface area contributed by atoms with E-state index in [1.807, 2.05) is 5.32 Å². The second-order valence-electron chi connectivity index (χ2n) is 3.89. The van der Waals surface area contributed by atoms with Crippen molar-refractivity contribution in [1.29, 1.82) is 5.26 Å². The van der Waals surface area contributed by atoms with Crippen LogP contribution in [0.15, 0.2) is 18.2 Å². The Morgan fingerprint density at radius 1 is 1.29 bits per heavy atom. The van der Waals surface area contributed by atoms with E-state index in [4.69, 9.17) is 10.4 Å². The van der Waals surface area contributed by atoms with E-state index < -0.39 is 42.3 Å². The van der Waals surface area contributed by atoms with Gasteiger partial charge < -0.3 is 15.7 Å². The van der Waals surface area contributed by atoms with Crippen LogP contribution in [0.2, 0.25) is 0 Å². The Kier molecular flexibility index (Phi) is 5.12. The van der Waals surface area contributed by atoms with Gasteiger partial charge in [-0.3, -0.25) is 9.59 Å². The molecular formula is C12H10F3N3O3. The van der Waals surface area contributed by atoms with Crippen LogP contribution in [0.5, 0.6) is 0 Å². The molecule has 3 N–H and O–H groups in total. The lowest BCUT2D eigenvalue weighted by molar-refractivity contribution is -0.138. The molecule has 0 heterocycles. The van der Waals surface area contributed by atoms with Crippen molar-refractivity contribution in [3.05, 3.63) is 29.3 Å². The summed E-state index contributed by atoms with van der Waals surface area (Å²) in [6.07, 6.45) is -4.69. The Morgan fingerprint density at radius 3 is 2.48 bits per heavy atom. The maximum Gasteiger partial charge on any atom is 0.417 e. The summed E-state index contributed by atoms with van der Waals surface area (Å²) in [5.74, 6) is -1.92. The van der Waals surface area contributed by atoms with Gasteiger partial charge in [0.1, 0.15) is 6.54 Å². The van der Waals surface area contributed by atoms with E-state index in [1.165, 1.54) is 12.1 Å². The maximum absolute atomic E-state index is 12.7. The Morgan fingerprint density at radius 2 is 1.95 bits per heavy atom. The third-order valence-electron chi connectivity index (χ3n) is 2.34. The van der Waals surface area contributed by atoms with E-state index in [-0.39, 0.29) is 5.69 Å². The zero-order valence-corrected chi connectivity index (χ0v) is 10.5. The number of carbonyl (C=O) groups excluding carboxylic acids is 1. The Bertz CT molecular complexity index is 594. The van der Waals surface area contributed by atoms with Crippen molar-refractivity contribution in [2.24, 2.45) is 0 Å². The molecule has 0 saturated heterocycles. The van der Waals surface area contributed by atoms with Gasteiger partial charge >= 0.3 is 12.1 Å². The van der Waals surface area contributed by atoms with Gasteiger partial charge in [0.15, 0.2) is 0 Å². The van der Waals surface area contributed by atoms with Gasteiger partial charge in [-0.1, -0.05) is 0 Å². The van der Waals surface area contributed by atoms with E-state index in [0.29, 0.717) is 6.07 Å². The minimum Gasteiger partial charge on any atom is -0.480 e. The first-order valence-corrected chi connectivity index (χ1v) is 5.57. The lowest BCUT2D eigenvalue weighted by Crippen LogP contribution is -2.33. The van der Waals surface area contributed by atoms with E-state index in [1.54, 1.807) is 0 Å². The number of aliphatic carboxylic acids is 1. The summed E-state index contributed by atoms with van der Waals surface area (Å²) < 4.78 is 38.1. The molecule has 0 radical (unpaired) electrons. The summed E-state index contributed by atoms with van der Waals surface area (Å²) in [6.45, 7) is -0.974. The first-order chi connectivity index (χ1) is 9.74. The average molecular weight is 301 g/mol. The molecule has 0 spiro atoms. The number of anilines is 1. The molecule has 0 aliphatic heterocycles. The second kappa shape index (κ2) is 6.60. The van der Waals surface area contributed by atoms with Gasteiger partial charge in [0.2, 0.25) is 5.91 Å². The van der Waals surface area contributed by atoms with Crippen molar-refractivity contribution >= 4 is 17.6 Å². The van der Waals surface area contributed by atoms with Gasteiger partial charge in [0, 0.05) is 5.69 Å². The molecule has 6 nitrogen and oxygen atoms in total. The normalized spacial score (nSPS) is 10.6. The molecule has 112 valence electrons. The molecule has 0 fully saturated rings. The van der Waals surface area contributed by atoms with Crippen molar-refractivity contribution < 1.29 is 27.9 Å². The minimum atomic E-state index is -4.69. The van der Waals surface area contributed by atoms with Crippen molar-refractivity contribution in [2.45, 2.75) is 6.18 Å². The number of hydrogen-bond donors (Lipinski definition) is 3. The molecule has 0 saturated carbocycles. The number of halogens is 3. The quantitative estimate of drug-likeness (QED) is 0.758. The maximum atomic E-state index is 12.7. The number of alkyl halides is 3. The van der Waals surface area contributed by atoms with Crippen molar-refractivity contribution in [3.8, 4) is 6.07 Å². The van der Waals surface area contributed by atoms with Crippen LogP contribution in [0.1, 0.15) is 11.1 Å². The SMILES string of the molecule is N#Cc1ccc(NCC(=O)NCC(=O)O)cc1C(F)(F)F. The predicted molar refractivity (Wildman–Crippen MR) is 65.3 cm³/mol. The Balaban J connectivity index is 2.75. The third-order valence-corrected chi connectivity index (χ3v) is 2.34. The molecule has 9 heteroatoms. The van der Waals surface area contributed by atoms with Crippen LogP contribution in [0.4, 0.5) is 18.9 Å². The standard InChI is InChI=1S/C12H10F3N3O3/c13-12(14,15)9-3-8(2-1-7(9)4-16)17-5-10(19)18-6-11(20)21/h1-3,17H,5-6H2,(H,18,19)(H,20,21). The molecule has 1 aromatic rings. The number of nitrogens with zero attached hydrogens (tertiary/aromatic N) is 1. The number of carboxylic acids is 1. The van der Waals surface area contributed by atoms with E-state index in [0.717, 1.165) is 6.07 Å². The van der Waals surface area contributed by atoms with Gasteiger partial charge in [0.05, 0.1) is 23.7 Å². The van der Waals surface area contributed by atoms with Crippen LogP contribution in [0.3, 0.4) is 0 Å². The first-order valence-electron chi connectivity index (χ1n) is 5.57. The number of hydrogen-bond acceptors (Lipinski definition) is 4. The minimum absolute atomic E-state index is 0.00759. The fraction of sp³-hybridized carbons (Fsp3) is 0.250. The summed E-state index contributed by atoms with van der Waals surface area (Å²) >= 11 is 0. The molecule has 1 aromatic carbocycles. The molecule has 0 aromatic heterocycles. The lowest BCUT2D eigenvalue weighted by atomic mass is 10.1. The van der Waals surface area contributed by atoms with Crippen LogP contribution in [-0.4, -0.2) is 30.1 Å². The van der Waals surface area contributed by atoms with Crippen LogP contribution in [-0.2, 0) is 15.8 Å². The van der Waals surface area contributed by atoms with Gasteiger partial charge in [-0.05, 0) is 18.2 Å². The molecule has 0 bridgehead atoms. The summed E-state index contributed by atoms with van der Waals surface area (Å²) in [7, 11) is 0. The number of benzene rings is 1. The number of nitrogens with one attached hydrogen (secondary N) is 2. The van der Waals surface area contributed by atoms with Crippen molar-refractivity contribution in [1.82, 2.24) is 5.32 Å². The summed E-state index contributed by atoms with van der Waals surface area (Å²) in [6, 6.07) is 4.35. The molecule has 1 amide bonds. The molecule has 0 aliphatic rings. The fourth-order valence-electron chi connectivity index (χ4n) is 1.41. The average Bonchev–Trinajstić information content (AvgIpc) is 2.41. The molecule has 21 heavy (non-hydrogen) atoms. The molecule has 1 rings (SSSR count). The topological polar surface area (TPSA) is 102 Å². The van der Waals surface area contributed by atoms with Crippen molar-refractivity contribution in [3.63, 3.8) is 0 Å². The lowest BCUT2D eigenvalue weighted by Gasteiger charge is -2.12. The predicted octanol–water partition coefficient (Wildman–Crippen LogP) is 1.19. The van der Waals surface area contributed by atoms with Crippen molar-refractivity contribution in [2.75, 3.05) is 18.4 Å². The van der Waals surface area contributed by atoms with Gasteiger partial charge in [-0.25, -0.2) is 0 Å². The van der Waals surface area contributed by atoms with Crippen LogP contribution in [0, 0.1) is 11.3 Å². The monoisotopic (exact) mass is 301 g/mol. The molecule has 0 aliphatic carbocycles. The highest BCUT2D eigenvalue weighted by Crippen LogP contribution is 2.33. The Labute approximate surface area is 117 Å². The fourth-order valence-corrected chi connectivity index (χ4v) is 1.41. The Hall–Kier alpha value is -2.76. The highest BCUT2D eigenvalue weighted by molar-refractivity contribution is 5.84.